The van der Waals surface area contributed by atoms with Gasteiger partial charge in [-0.2, -0.15) is 0 Å². The standard InChI is InChI=1S/C12H20N2O3S/c1-10(2)14(3)9-8-13-18(16,17)12-7-5-4-6-11(12)15/h4-7,10,13,15H,8-9H2,1-3H3. The summed E-state index contributed by atoms with van der Waals surface area (Å²) in [5.41, 5.74) is 0. The van der Waals surface area contributed by atoms with Crippen LogP contribution in [0.5, 0.6) is 5.75 Å². The molecule has 18 heavy (non-hydrogen) atoms. The van der Waals surface area contributed by atoms with E-state index in [2.05, 4.69) is 4.72 Å². The van der Waals surface area contributed by atoms with Crippen molar-refractivity contribution in [1.82, 2.24) is 9.62 Å². The normalized spacial score (nSPS) is 12.3. The maximum atomic E-state index is 11.9. The predicted molar refractivity (Wildman–Crippen MR) is 71.1 cm³/mol. The highest BCUT2D eigenvalue weighted by molar-refractivity contribution is 7.89. The number of hydrogen-bond donors (Lipinski definition) is 2. The fraction of sp³-hybridized carbons (Fsp3) is 0.500. The molecule has 0 saturated carbocycles. The van der Waals surface area contributed by atoms with Crippen LogP contribution in [-0.2, 0) is 10.0 Å². The Hall–Kier alpha value is -1.11. The van der Waals surface area contributed by atoms with Crippen LogP contribution in [0.1, 0.15) is 13.8 Å². The monoisotopic (exact) mass is 272 g/mol. The summed E-state index contributed by atoms with van der Waals surface area (Å²) >= 11 is 0. The summed E-state index contributed by atoms with van der Waals surface area (Å²) in [7, 11) is -1.71. The maximum absolute atomic E-state index is 11.9. The summed E-state index contributed by atoms with van der Waals surface area (Å²) in [5, 5.41) is 9.51. The van der Waals surface area contributed by atoms with Crippen molar-refractivity contribution in [2.24, 2.45) is 0 Å². The zero-order valence-electron chi connectivity index (χ0n) is 10.9. The van der Waals surface area contributed by atoms with E-state index in [1.807, 2.05) is 25.8 Å². The summed E-state index contributed by atoms with van der Waals surface area (Å²) in [6.07, 6.45) is 0. The van der Waals surface area contributed by atoms with Crippen molar-refractivity contribution in [3.05, 3.63) is 24.3 Å². The molecule has 0 aliphatic heterocycles. The van der Waals surface area contributed by atoms with Crippen LogP contribution >= 0.6 is 0 Å². The van der Waals surface area contributed by atoms with Gasteiger partial charge < -0.3 is 10.0 Å². The highest BCUT2D eigenvalue weighted by Gasteiger charge is 2.17. The van der Waals surface area contributed by atoms with Crippen molar-refractivity contribution < 1.29 is 13.5 Å². The highest BCUT2D eigenvalue weighted by atomic mass is 32.2. The smallest absolute Gasteiger partial charge is 0.244 e. The SMILES string of the molecule is CC(C)N(C)CCNS(=O)(=O)c1ccccc1O. The van der Waals surface area contributed by atoms with Crippen LogP contribution in [0.2, 0.25) is 0 Å². The van der Waals surface area contributed by atoms with E-state index in [0.717, 1.165) is 0 Å². The van der Waals surface area contributed by atoms with E-state index in [1.165, 1.54) is 12.1 Å². The first-order chi connectivity index (χ1) is 8.34. The van der Waals surface area contributed by atoms with Crippen LogP contribution in [-0.4, -0.2) is 44.6 Å². The van der Waals surface area contributed by atoms with Gasteiger partial charge in [0.25, 0.3) is 0 Å². The molecule has 5 nitrogen and oxygen atoms in total. The van der Waals surface area contributed by atoms with Crippen LogP contribution in [0.4, 0.5) is 0 Å². The number of phenolic OH excluding ortho intramolecular Hbond substituents is 1. The van der Waals surface area contributed by atoms with Crippen molar-refractivity contribution in [2.45, 2.75) is 24.8 Å². The first kappa shape index (κ1) is 14.9. The number of nitrogens with zero attached hydrogens (tertiary/aromatic N) is 1. The Morgan fingerprint density at radius 1 is 1.33 bits per heavy atom. The molecular weight excluding hydrogens is 252 g/mol. The Bertz CT molecular complexity index is 486. The fourth-order valence-corrected chi connectivity index (χ4v) is 2.49. The fourth-order valence-electron chi connectivity index (χ4n) is 1.38. The Balaban J connectivity index is 2.64. The second-order valence-electron chi connectivity index (χ2n) is 4.44. The van der Waals surface area contributed by atoms with Crippen molar-refractivity contribution in [1.29, 1.82) is 0 Å². The van der Waals surface area contributed by atoms with E-state index in [-0.39, 0.29) is 10.6 Å². The first-order valence-electron chi connectivity index (χ1n) is 5.82. The van der Waals surface area contributed by atoms with Gasteiger partial charge in [0.2, 0.25) is 10.0 Å². The van der Waals surface area contributed by atoms with Gasteiger partial charge in [-0.25, -0.2) is 13.1 Å². The minimum atomic E-state index is -3.64. The lowest BCUT2D eigenvalue weighted by atomic mass is 10.3. The molecule has 1 aromatic rings. The molecule has 0 bridgehead atoms. The highest BCUT2D eigenvalue weighted by Crippen LogP contribution is 2.20. The van der Waals surface area contributed by atoms with E-state index in [4.69, 9.17) is 0 Å². The number of para-hydroxylation sites is 1. The second kappa shape index (κ2) is 6.17. The lowest BCUT2D eigenvalue weighted by Crippen LogP contribution is -2.36. The first-order valence-corrected chi connectivity index (χ1v) is 7.31. The lowest BCUT2D eigenvalue weighted by molar-refractivity contribution is 0.278. The maximum Gasteiger partial charge on any atom is 0.244 e. The molecule has 0 heterocycles. The average molecular weight is 272 g/mol. The summed E-state index contributed by atoms with van der Waals surface area (Å²) in [4.78, 5) is 1.95. The molecule has 1 aromatic carbocycles. The summed E-state index contributed by atoms with van der Waals surface area (Å²) in [6.45, 7) is 5.00. The van der Waals surface area contributed by atoms with Crippen LogP contribution in [0, 0.1) is 0 Å². The van der Waals surface area contributed by atoms with Gasteiger partial charge in [-0.3, -0.25) is 0 Å². The molecule has 1 rings (SSSR count). The van der Waals surface area contributed by atoms with Gasteiger partial charge in [-0.15, -0.1) is 0 Å². The van der Waals surface area contributed by atoms with Crippen LogP contribution in [0.25, 0.3) is 0 Å². The summed E-state index contributed by atoms with van der Waals surface area (Å²) < 4.78 is 26.3. The van der Waals surface area contributed by atoms with Crippen molar-refractivity contribution in [2.75, 3.05) is 20.1 Å². The molecule has 0 aliphatic rings. The Morgan fingerprint density at radius 3 is 2.50 bits per heavy atom. The third-order valence-corrected chi connectivity index (χ3v) is 4.30. The van der Waals surface area contributed by atoms with E-state index in [1.54, 1.807) is 12.1 Å². The molecule has 102 valence electrons. The molecular formula is C12H20N2O3S. The number of phenols is 1. The number of benzene rings is 1. The quantitative estimate of drug-likeness (QED) is 0.811. The van der Waals surface area contributed by atoms with Gasteiger partial charge in [0, 0.05) is 19.1 Å². The average Bonchev–Trinajstić information content (AvgIpc) is 2.28. The second-order valence-corrected chi connectivity index (χ2v) is 6.18. The molecule has 0 atom stereocenters. The molecule has 0 aromatic heterocycles. The molecule has 0 radical (unpaired) electrons. The van der Waals surface area contributed by atoms with Crippen LogP contribution in [0.3, 0.4) is 0 Å². The minimum Gasteiger partial charge on any atom is -0.507 e. The van der Waals surface area contributed by atoms with E-state index in [9.17, 15) is 13.5 Å². The number of sulfonamides is 1. The van der Waals surface area contributed by atoms with Gasteiger partial charge >= 0.3 is 0 Å². The van der Waals surface area contributed by atoms with Crippen LogP contribution < -0.4 is 4.72 Å². The number of aromatic hydroxyl groups is 1. The van der Waals surface area contributed by atoms with Crippen molar-refractivity contribution in [3.63, 3.8) is 0 Å². The lowest BCUT2D eigenvalue weighted by Gasteiger charge is -2.20. The largest absolute Gasteiger partial charge is 0.507 e. The summed E-state index contributed by atoms with van der Waals surface area (Å²) in [5.74, 6) is -0.234. The zero-order chi connectivity index (χ0) is 13.8. The van der Waals surface area contributed by atoms with Crippen molar-refractivity contribution >= 4 is 10.0 Å². The minimum absolute atomic E-state index is 0.0859. The van der Waals surface area contributed by atoms with E-state index >= 15 is 0 Å². The Labute approximate surface area is 108 Å². The van der Waals surface area contributed by atoms with Gasteiger partial charge in [-0.1, -0.05) is 12.1 Å². The molecule has 0 spiro atoms. The molecule has 2 N–H and O–H groups in total. The predicted octanol–water partition coefficient (Wildman–Crippen LogP) is 1.01. The molecule has 0 unspecified atom stereocenters. The number of rotatable bonds is 6. The molecule has 6 heteroatoms. The van der Waals surface area contributed by atoms with Crippen LogP contribution in [0.15, 0.2) is 29.2 Å². The number of hydrogen-bond acceptors (Lipinski definition) is 4. The third-order valence-electron chi connectivity index (χ3n) is 2.79. The van der Waals surface area contributed by atoms with E-state index in [0.29, 0.717) is 19.1 Å². The molecule has 0 saturated heterocycles. The van der Waals surface area contributed by atoms with Gasteiger partial charge in [0.15, 0.2) is 0 Å². The molecule has 0 aliphatic carbocycles. The number of nitrogens with one attached hydrogen (secondary N) is 1. The van der Waals surface area contributed by atoms with Gasteiger partial charge in [0.05, 0.1) is 0 Å². The Kier molecular flexibility index (Phi) is 5.13. The number of likely N-dealkylation sites (N-methyl/N-ethyl adjacent to an activating group) is 1. The van der Waals surface area contributed by atoms with E-state index < -0.39 is 10.0 Å². The van der Waals surface area contributed by atoms with Gasteiger partial charge in [0.1, 0.15) is 10.6 Å². The molecule has 0 amide bonds. The summed E-state index contributed by atoms with van der Waals surface area (Å²) in [6, 6.07) is 6.26. The van der Waals surface area contributed by atoms with Crippen molar-refractivity contribution in [3.8, 4) is 5.75 Å². The zero-order valence-corrected chi connectivity index (χ0v) is 11.7. The Morgan fingerprint density at radius 2 is 1.94 bits per heavy atom. The topological polar surface area (TPSA) is 69.6 Å². The van der Waals surface area contributed by atoms with Gasteiger partial charge in [-0.05, 0) is 33.0 Å². The third kappa shape index (κ3) is 3.97. The molecule has 0 fully saturated rings.